The molecule has 0 atom stereocenters. The lowest BCUT2D eigenvalue weighted by molar-refractivity contribution is 0.913. The molecule has 90 valence electrons. The first-order valence-corrected chi connectivity index (χ1v) is 6.45. The molecule has 0 saturated heterocycles. The topological polar surface area (TPSA) is 50.4 Å². The number of thiophene rings is 1. The number of nitrogens with one attached hydrogen (secondary N) is 1. The minimum absolute atomic E-state index is 0.458. The van der Waals surface area contributed by atoms with Crippen molar-refractivity contribution in [1.82, 2.24) is 5.32 Å². The van der Waals surface area contributed by atoms with Gasteiger partial charge in [-0.15, -0.1) is 11.3 Å². The van der Waals surface area contributed by atoms with Gasteiger partial charge in [-0.25, -0.2) is 0 Å². The summed E-state index contributed by atoms with van der Waals surface area (Å²) in [6.45, 7) is 2.80. The highest BCUT2D eigenvalue weighted by atomic mass is 35.5. The molecule has 2 rings (SSSR count). The van der Waals surface area contributed by atoms with Gasteiger partial charge in [0, 0.05) is 21.6 Å². The predicted molar refractivity (Wildman–Crippen MR) is 76.0 cm³/mol. The fourth-order valence-electron chi connectivity index (χ4n) is 1.66. The first-order chi connectivity index (χ1) is 8.11. The molecule has 3 nitrogen and oxygen atoms in total. The maximum atomic E-state index is 6.00. The molecule has 0 aliphatic rings. The van der Waals surface area contributed by atoms with E-state index in [0.717, 1.165) is 5.02 Å². The Morgan fingerprint density at radius 1 is 1.53 bits per heavy atom. The minimum atomic E-state index is 0.458. The SMILES string of the molecule is CN=C(N)NCc1sc2ccc(Cl)cc2c1C. The third-order valence-electron chi connectivity index (χ3n) is 2.67. The Bertz CT molecular complexity index is 574. The molecule has 0 spiro atoms. The zero-order chi connectivity index (χ0) is 12.4. The van der Waals surface area contributed by atoms with E-state index in [2.05, 4.69) is 23.3 Å². The van der Waals surface area contributed by atoms with Gasteiger partial charge in [-0.2, -0.15) is 0 Å². The van der Waals surface area contributed by atoms with Crippen LogP contribution in [0.3, 0.4) is 0 Å². The van der Waals surface area contributed by atoms with Crippen molar-refractivity contribution in [1.29, 1.82) is 0 Å². The maximum Gasteiger partial charge on any atom is 0.188 e. The fraction of sp³-hybridized carbons (Fsp3) is 0.250. The van der Waals surface area contributed by atoms with Crippen LogP contribution in [0.2, 0.25) is 5.02 Å². The second-order valence-electron chi connectivity index (χ2n) is 3.75. The van der Waals surface area contributed by atoms with Crippen LogP contribution in [0.1, 0.15) is 10.4 Å². The van der Waals surface area contributed by atoms with Crippen molar-refractivity contribution in [2.75, 3.05) is 7.05 Å². The van der Waals surface area contributed by atoms with Crippen molar-refractivity contribution in [2.24, 2.45) is 10.7 Å². The van der Waals surface area contributed by atoms with Crippen molar-refractivity contribution in [3.8, 4) is 0 Å². The van der Waals surface area contributed by atoms with Crippen molar-refractivity contribution < 1.29 is 0 Å². The molecule has 0 saturated carbocycles. The molecule has 2 aromatic rings. The smallest absolute Gasteiger partial charge is 0.188 e. The van der Waals surface area contributed by atoms with Crippen molar-refractivity contribution >= 4 is 39.0 Å². The summed E-state index contributed by atoms with van der Waals surface area (Å²) in [6, 6.07) is 5.97. The number of halogens is 1. The molecule has 0 fully saturated rings. The highest BCUT2D eigenvalue weighted by Crippen LogP contribution is 2.32. The summed E-state index contributed by atoms with van der Waals surface area (Å²) in [7, 11) is 1.67. The second kappa shape index (κ2) is 4.94. The van der Waals surface area contributed by atoms with Crippen LogP contribution in [0, 0.1) is 6.92 Å². The number of aliphatic imine (C=N–C) groups is 1. The van der Waals surface area contributed by atoms with Gasteiger partial charge in [0.15, 0.2) is 5.96 Å². The number of guanidine groups is 1. The summed E-state index contributed by atoms with van der Waals surface area (Å²) >= 11 is 7.75. The third-order valence-corrected chi connectivity index (χ3v) is 4.18. The first kappa shape index (κ1) is 12.2. The zero-order valence-corrected chi connectivity index (χ0v) is 11.3. The van der Waals surface area contributed by atoms with Gasteiger partial charge < -0.3 is 11.1 Å². The average Bonchev–Trinajstić information content (AvgIpc) is 2.63. The van der Waals surface area contributed by atoms with Gasteiger partial charge in [-0.3, -0.25) is 4.99 Å². The van der Waals surface area contributed by atoms with Crippen molar-refractivity contribution in [2.45, 2.75) is 13.5 Å². The Morgan fingerprint density at radius 3 is 3.00 bits per heavy atom. The molecule has 0 amide bonds. The standard InChI is InChI=1S/C12H14ClN3S/c1-7-9-5-8(13)3-4-10(9)17-11(7)6-16-12(14)15-2/h3-5H,6H2,1-2H3,(H3,14,15,16). The quantitative estimate of drug-likeness (QED) is 0.649. The Kier molecular flexibility index (Phi) is 3.54. The number of nitrogens with zero attached hydrogens (tertiary/aromatic N) is 1. The molecule has 0 bridgehead atoms. The van der Waals surface area contributed by atoms with Crippen LogP contribution in [-0.4, -0.2) is 13.0 Å². The van der Waals surface area contributed by atoms with Gasteiger partial charge in [-0.05, 0) is 36.1 Å². The van der Waals surface area contributed by atoms with Gasteiger partial charge in [0.1, 0.15) is 0 Å². The molecule has 1 aromatic heterocycles. The Balaban J connectivity index is 2.32. The maximum absolute atomic E-state index is 6.00. The van der Waals surface area contributed by atoms with E-state index >= 15 is 0 Å². The highest BCUT2D eigenvalue weighted by molar-refractivity contribution is 7.19. The van der Waals surface area contributed by atoms with Crippen LogP contribution in [-0.2, 0) is 6.54 Å². The minimum Gasteiger partial charge on any atom is -0.370 e. The van der Waals surface area contributed by atoms with Gasteiger partial charge in [-0.1, -0.05) is 11.6 Å². The van der Waals surface area contributed by atoms with E-state index in [9.17, 15) is 0 Å². The molecule has 1 heterocycles. The van der Waals surface area contributed by atoms with Crippen LogP contribution in [0.15, 0.2) is 23.2 Å². The lowest BCUT2D eigenvalue weighted by Crippen LogP contribution is -2.30. The van der Waals surface area contributed by atoms with Gasteiger partial charge in [0.25, 0.3) is 0 Å². The summed E-state index contributed by atoms with van der Waals surface area (Å²) in [4.78, 5) is 5.13. The average molecular weight is 268 g/mol. The van der Waals surface area contributed by atoms with Crippen molar-refractivity contribution in [3.63, 3.8) is 0 Å². The molecule has 0 unspecified atom stereocenters. The Morgan fingerprint density at radius 2 is 2.29 bits per heavy atom. The number of hydrogen-bond donors (Lipinski definition) is 2. The summed E-state index contributed by atoms with van der Waals surface area (Å²) in [6.07, 6.45) is 0. The van der Waals surface area contributed by atoms with Crippen LogP contribution in [0.25, 0.3) is 10.1 Å². The first-order valence-electron chi connectivity index (χ1n) is 5.25. The predicted octanol–water partition coefficient (Wildman–Crippen LogP) is 2.90. The van der Waals surface area contributed by atoms with Crippen LogP contribution >= 0.6 is 22.9 Å². The molecule has 3 N–H and O–H groups in total. The van der Waals surface area contributed by atoms with E-state index in [4.69, 9.17) is 17.3 Å². The normalized spacial score (nSPS) is 12.1. The molecule has 5 heteroatoms. The number of nitrogens with two attached hydrogens (primary N) is 1. The van der Waals surface area contributed by atoms with Crippen LogP contribution < -0.4 is 11.1 Å². The van der Waals surface area contributed by atoms with Crippen LogP contribution in [0.4, 0.5) is 0 Å². The van der Waals surface area contributed by atoms with Gasteiger partial charge >= 0.3 is 0 Å². The molecular weight excluding hydrogens is 254 g/mol. The number of benzene rings is 1. The van der Waals surface area contributed by atoms with E-state index in [-0.39, 0.29) is 0 Å². The number of rotatable bonds is 2. The van der Waals surface area contributed by atoms with E-state index in [1.165, 1.54) is 20.5 Å². The third kappa shape index (κ3) is 2.53. The van der Waals surface area contributed by atoms with Gasteiger partial charge in [0.2, 0.25) is 0 Å². The monoisotopic (exact) mass is 267 g/mol. The summed E-state index contributed by atoms with van der Waals surface area (Å²) in [5.41, 5.74) is 6.87. The van der Waals surface area contributed by atoms with E-state index in [0.29, 0.717) is 12.5 Å². The van der Waals surface area contributed by atoms with Crippen LogP contribution in [0.5, 0.6) is 0 Å². The summed E-state index contributed by atoms with van der Waals surface area (Å²) in [5, 5.41) is 5.06. The summed E-state index contributed by atoms with van der Waals surface area (Å²) < 4.78 is 1.25. The lowest BCUT2D eigenvalue weighted by atomic mass is 10.1. The van der Waals surface area contributed by atoms with Crippen molar-refractivity contribution in [3.05, 3.63) is 33.7 Å². The fourth-order valence-corrected chi connectivity index (χ4v) is 2.97. The molecular formula is C12H14ClN3S. The Hall–Kier alpha value is -1.26. The number of fused-ring (bicyclic) bond motifs is 1. The number of hydrogen-bond acceptors (Lipinski definition) is 2. The second-order valence-corrected chi connectivity index (χ2v) is 5.33. The van der Waals surface area contributed by atoms with E-state index in [1.54, 1.807) is 18.4 Å². The van der Waals surface area contributed by atoms with Gasteiger partial charge in [0.05, 0.1) is 6.54 Å². The number of aryl methyl sites for hydroxylation is 1. The molecule has 0 aliphatic carbocycles. The summed E-state index contributed by atoms with van der Waals surface area (Å²) in [5.74, 6) is 0.458. The molecule has 0 radical (unpaired) electrons. The Labute approximate surface area is 109 Å². The lowest BCUT2D eigenvalue weighted by Gasteiger charge is -2.03. The molecule has 1 aromatic carbocycles. The largest absolute Gasteiger partial charge is 0.370 e. The molecule has 0 aliphatic heterocycles. The highest BCUT2D eigenvalue weighted by Gasteiger charge is 2.08. The molecule has 17 heavy (non-hydrogen) atoms. The van der Waals surface area contributed by atoms with E-state index in [1.807, 2.05) is 12.1 Å². The zero-order valence-electron chi connectivity index (χ0n) is 9.75. The van der Waals surface area contributed by atoms with E-state index < -0.39 is 0 Å².